The molecule has 0 atom stereocenters. The van der Waals surface area contributed by atoms with Gasteiger partial charge in [0.05, 0.1) is 6.42 Å². The second kappa shape index (κ2) is 4.11. The highest BCUT2D eigenvalue weighted by Crippen LogP contribution is 2.20. The highest BCUT2D eigenvalue weighted by Gasteiger charge is 2.24. The summed E-state index contributed by atoms with van der Waals surface area (Å²) in [6.07, 6.45) is 0.346. The number of hydrogen-bond donors (Lipinski definition) is 0. The number of rotatable bonds is 2. The number of amides is 1. The van der Waals surface area contributed by atoms with Crippen molar-refractivity contribution in [3.63, 3.8) is 0 Å². The molecule has 1 aliphatic rings. The Morgan fingerprint density at radius 2 is 2.05 bits per heavy atom. The molecule has 0 saturated heterocycles. The highest BCUT2D eigenvalue weighted by molar-refractivity contribution is 6.11. The van der Waals surface area contributed by atoms with Gasteiger partial charge in [0.15, 0.2) is 17.3 Å². The molecule has 19 heavy (non-hydrogen) atoms. The lowest BCUT2D eigenvalue weighted by molar-refractivity contribution is -0.116. The van der Waals surface area contributed by atoms with Crippen molar-refractivity contribution in [3.05, 3.63) is 18.0 Å². The average Bonchev–Trinajstić information content (AvgIpc) is 2.91. The van der Waals surface area contributed by atoms with Crippen LogP contribution in [-0.4, -0.2) is 31.4 Å². The molecule has 0 saturated carbocycles. The van der Waals surface area contributed by atoms with E-state index >= 15 is 0 Å². The lowest BCUT2D eigenvalue weighted by Gasteiger charge is -2.11. The Hall–Kier alpha value is -2.31. The minimum absolute atomic E-state index is 0.0662. The molecule has 0 fully saturated rings. The fourth-order valence-electron chi connectivity index (χ4n) is 2.00. The van der Waals surface area contributed by atoms with Crippen LogP contribution in [0.15, 0.2) is 17.2 Å². The van der Waals surface area contributed by atoms with Gasteiger partial charge in [0.1, 0.15) is 0 Å². The SMILES string of the molecule is CC1=NN(c2ccc3nnc(C(C)C)n3n2)C(=O)C1. The van der Waals surface area contributed by atoms with Gasteiger partial charge in [-0.05, 0) is 19.1 Å². The summed E-state index contributed by atoms with van der Waals surface area (Å²) < 4.78 is 1.66. The van der Waals surface area contributed by atoms with Gasteiger partial charge in [-0.25, -0.2) is 0 Å². The van der Waals surface area contributed by atoms with Gasteiger partial charge in [-0.15, -0.1) is 15.3 Å². The molecule has 3 rings (SSSR count). The minimum Gasteiger partial charge on any atom is -0.272 e. The Labute approximate surface area is 109 Å². The van der Waals surface area contributed by atoms with Gasteiger partial charge >= 0.3 is 0 Å². The molecule has 0 aromatic carbocycles. The zero-order valence-corrected chi connectivity index (χ0v) is 11.0. The van der Waals surface area contributed by atoms with E-state index in [1.54, 1.807) is 16.6 Å². The topological polar surface area (TPSA) is 75.8 Å². The number of hydrogen-bond acceptors (Lipinski definition) is 5. The second-order valence-corrected chi connectivity index (χ2v) is 4.89. The van der Waals surface area contributed by atoms with E-state index in [-0.39, 0.29) is 11.8 Å². The largest absolute Gasteiger partial charge is 0.272 e. The number of carbonyl (C=O) groups excluding carboxylic acids is 1. The average molecular weight is 258 g/mol. The monoisotopic (exact) mass is 258 g/mol. The van der Waals surface area contributed by atoms with Gasteiger partial charge in [0, 0.05) is 11.6 Å². The van der Waals surface area contributed by atoms with Crippen LogP contribution in [0, 0.1) is 0 Å². The summed E-state index contributed by atoms with van der Waals surface area (Å²) >= 11 is 0. The number of carbonyl (C=O) groups is 1. The standard InChI is InChI=1S/C12H14N6O/c1-7(2)12-14-13-9-4-5-10(16-18(9)12)17-11(19)6-8(3)15-17/h4-5,7H,6H2,1-3H3. The Balaban J connectivity index is 2.11. The van der Waals surface area contributed by atoms with E-state index < -0.39 is 0 Å². The maximum absolute atomic E-state index is 11.8. The van der Waals surface area contributed by atoms with Crippen LogP contribution in [0.5, 0.6) is 0 Å². The first-order chi connectivity index (χ1) is 9.06. The van der Waals surface area contributed by atoms with Crippen LogP contribution < -0.4 is 5.01 Å². The molecular weight excluding hydrogens is 244 g/mol. The van der Waals surface area contributed by atoms with Crippen LogP contribution >= 0.6 is 0 Å². The summed E-state index contributed by atoms with van der Waals surface area (Å²) in [4.78, 5) is 11.8. The molecule has 2 aromatic heterocycles. The lowest BCUT2D eigenvalue weighted by Crippen LogP contribution is -2.21. The number of fused-ring (bicyclic) bond motifs is 1. The summed E-state index contributed by atoms with van der Waals surface area (Å²) in [5.74, 6) is 1.40. The number of anilines is 1. The fraction of sp³-hybridized carbons (Fsp3) is 0.417. The molecular formula is C12H14N6O. The zero-order chi connectivity index (χ0) is 13.6. The van der Waals surface area contributed by atoms with Crippen molar-refractivity contribution in [2.75, 3.05) is 5.01 Å². The van der Waals surface area contributed by atoms with E-state index in [2.05, 4.69) is 20.4 Å². The van der Waals surface area contributed by atoms with Crippen molar-refractivity contribution in [2.45, 2.75) is 33.1 Å². The third-order valence-electron chi connectivity index (χ3n) is 2.92. The third kappa shape index (κ3) is 1.87. The van der Waals surface area contributed by atoms with Crippen LogP contribution in [0.2, 0.25) is 0 Å². The van der Waals surface area contributed by atoms with Crippen molar-refractivity contribution in [2.24, 2.45) is 5.10 Å². The summed E-state index contributed by atoms with van der Waals surface area (Å²) in [7, 11) is 0. The Morgan fingerprint density at radius 3 is 2.68 bits per heavy atom. The maximum Gasteiger partial charge on any atom is 0.254 e. The third-order valence-corrected chi connectivity index (χ3v) is 2.92. The Morgan fingerprint density at radius 1 is 1.26 bits per heavy atom. The van der Waals surface area contributed by atoms with Crippen LogP contribution in [0.3, 0.4) is 0 Å². The predicted molar refractivity (Wildman–Crippen MR) is 70.1 cm³/mol. The molecule has 0 bridgehead atoms. The Kier molecular flexibility index (Phi) is 2.55. The lowest BCUT2D eigenvalue weighted by atomic mass is 10.2. The van der Waals surface area contributed by atoms with Gasteiger partial charge in [-0.3, -0.25) is 4.79 Å². The van der Waals surface area contributed by atoms with Crippen molar-refractivity contribution < 1.29 is 4.79 Å². The van der Waals surface area contributed by atoms with Crippen LogP contribution in [0.4, 0.5) is 5.82 Å². The number of hydrazone groups is 1. The van der Waals surface area contributed by atoms with Crippen LogP contribution in [-0.2, 0) is 4.79 Å². The van der Waals surface area contributed by atoms with Crippen LogP contribution in [0.25, 0.3) is 5.65 Å². The van der Waals surface area contributed by atoms with Gasteiger partial charge in [-0.2, -0.15) is 14.6 Å². The van der Waals surface area contributed by atoms with E-state index in [0.717, 1.165) is 11.5 Å². The normalized spacial score (nSPS) is 15.7. The molecule has 7 nitrogen and oxygen atoms in total. The minimum atomic E-state index is -0.0662. The van der Waals surface area contributed by atoms with E-state index in [9.17, 15) is 4.79 Å². The van der Waals surface area contributed by atoms with Crippen molar-refractivity contribution in [1.82, 2.24) is 19.8 Å². The Bertz CT molecular complexity index is 687. The van der Waals surface area contributed by atoms with Crippen molar-refractivity contribution >= 4 is 23.1 Å². The first-order valence-corrected chi connectivity index (χ1v) is 6.15. The first-order valence-electron chi connectivity index (χ1n) is 6.15. The van der Waals surface area contributed by atoms with E-state index in [4.69, 9.17) is 0 Å². The molecule has 0 radical (unpaired) electrons. The molecule has 1 amide bonds. The van der Waals surface area contributed by atoms with Gasteiger partial charge < -0.3 is 0 Å². The maximum atomic E-state index is 11.8. The zero-order valence-electron chi connectivity index (χ0n) is 11.0. The van der Waals surface area contributed by atoms with E-state index in [1.165, 1.54) is 5.01 Å². The summed E-state index contributed by atoms with van der Waals surface area (Å²) in [6, 6.07) is 3.52. The highest BCUT2D eigenvalue weighted by atomic mass is 16.2. The first kappa shape index (κ1) is 11.8. The molecule has 98 valence electrons. The molecule has 2 aromatic rings. The molecule has 0 spiro atoms. The molecule has 1 aliphatic heterocycles. The molecule has 0 aliphatic carbocycles. The van der Waals surface area contributed by atoms with Crippen LogP contribution in [0.1, 0.15) is 38.9 Å². The van der Waals surface area contributed by atoms with E-state index in [0.29, 0.717) is 17.9 Å². The molecule has 3 heterocycles. The van der Waals surface area contributed by atoms with Gasteiger partial charge in [0.25, 0.3) is 5.91 Å². The van der Waals surface area contributed by atoms with Crippen molar-refractivity contribution in [3.8, 4) is 0 Å². The molecule has 0 unspecified atom stereocenters. The summed E-state index contributed by atoms with van der Waals surface area (Å²) in [5.41, 5.74) is 1.46. The van der Waals surface area contributed by atoms with Crippen molar-refractivity contribution in [1.29, 1.82) is 0 Å². The van der Waals surface area contributed by atoms with Gasteiger partial charge in [0.2, 0.25) is 0 Å². The van der Waals surface area contributed by atoms with E-state index in [1.807, 2.05) is 20.8 Å². The molecule has 0 N–H and O–H groups in total. The quantitative estimate of drug-likeness (QED) is 0.815. The molecule has 7 heteroatoms. The number of aromatic nitrogens is 4. The number of nitrogens with zero attached hydrogens (tertiary/aromatic N) is 6. The second-order valence-electron chi connectivity index (χ2n) is 4.89. The summed E-state index contributed by atoms with van der Waals surface area (Å²) in [6.45, 7) is 5.87. The predicted octanol–water partition coefficient (Wildman–Crippen LogP) is 1.36. The fourth-order valence-corrected chi connectivity index (χ4v) is 2.00. The smallest absolute Gasteiger partial charge is 0.254 e. The summed E-state index contributed by atoms with van der Waals surface area (Å²) in [5, 5.41) is 18.1. The van der Waals surface area contributed by atoms with Gasteiger partial charge in [-0.1, -0.05) is 13.8 Å².